The predicted octanol–water partition coefficient (Wildman–Crippen LogP) is 4.54. The number of hydrogen-bond donors (Lipinski definition) is 0. The topological polar surface area (TPSA) is 9.23 Å². The zero-order valence-corrected chi connectivity index (χ0v) is 11.1. The molecular weight excluding hydrogens is 291 g/mol. The number of aryl methyl sites for hydroxylation is 1. The maximum absolute atomic E-state index is 13.0. The summed E-state index contributed by atoms with van der Waals surface area (Å²) in [6.45, 7) is 2.37. The molecule has 2 rings (SSSR count). The van der Waals surface area contributed by atoms with Gasteiger partial charge in [0.2, 0.25) is 0 Å². The average Bonchev–Trinajstić information content (AvgIpc) is 2.66. The molecule has 0 fully saturated rings. The molecule has 4 heteroatoms. The van der Waals surface area contributed by atoms with Crippen molar-refractivity contribution in [1.82, 2.24) is 0 Å². The Balaban J connectivity index is 2.07. The Morgan fingerprint density at radius 2 is 2.12 bits per heavy atom. The first-order chi connectivity index (χ1) is 7.65. The van der Waals surface area contributed by atoms with Gasteiger partial charge in [0.15, 0.2) is 0 Å². The number of halogens is 2. The molecule has 0 spiro atoms. The van der Waals surface area contributed by atoms with Crippen molar-refractivity contribution in [2.75, 3.05) is 0 Å². The minimum absolute atomic E-state index is 0.270. The van der Waals surface area contributed by atoms with Gasteiger partial charge in [0, 0.05) is 10.9 Å². The quantitative estimate of drug-likeness (QED) is 0.809. The van der Waals surface area contributed by atoms with Gasteiger partial charge >= 0.3 is 0 Å². The van der Waals surface area contributed by atoms with Gasteiger partial charge in [-0.15, -0.1) is 11.3 Å². The second kappa shape index (κ2) is 4.97. The Morgan fingerprint density at radius 1 is 1.31 bits per heavy atom. The van der Waals surface area contributed by atoms with Crippen molar-refractivity contribution in [2.24, 2.45) is 0 Å². The van der Waals surface area contributed by atoms with Crippen molar-refractivity contribution in [2.45, 2.75) is 13.5 Å². The molecule has 16 heavy (non-hydrogen) atoms. The van der Waals surface area contributed by atoms with Gasteiger partial charge < -0.3 is 4.74 Å². The predicted molar refractivity (Wildman–Crippen MR) is 67.5 cm³/mol. The van der Waals surface area contributed by atoms with Gasteiger partial charge in [0.1, 0.15) is 18.2 Å². The Kier molecular flexibility index (Phi) is 3.61. The fraction of sp³-hybridized carbons (Fsp3) is 0.167. The lowest BCUT2D eigenvalue weighted by atomic mass is 10.2. The van der Waals surface area contributed by atoms with Crippen LogP contribution < -0.4 is 4.74 Å². The minimum Gasteiger partial charge on any atom is -0.488 e. The third-order valence-electron chi connectivity index (χ3n) is 2.15. The lowest BCUT2D eigenvalue weighted by molar-refractivity contribution is 0.306. The lowest BCUT2D eigenvalue weighted by Gasteiger charge is -2.07. The summed E-state index contributed by atoms with van der Waals surface area (Å²) in [5.74, 6) is 0.331. The first-order valence-corrected chi connectivity index (χ1v) is 6.39. The van der Waals surface area contributed by atoms with E-state index in [9.17, 15) is 4.39 Å². The standard InChI is InChI=1S/C12H10BrFOS/c1-8-2-3-9(14)6-11(8)15-7-10-4-5-12(13)16-10/h2-6H,7H2,1H3. The fourth-order valence-corrected chi connectivity index (χ4v) is 2.70. The third kappa shape index (κ3) is 2.83. The van der Waals surface area contributed by atoms with Crippen molar-refractivity contribution in [3.63, 3.8) is 0 Å². The molecular formula is C12H10BrFOS. The molecule has 0 aliphatic rings. The van der Waals surface area contributed by atoms with E-state index in [2.05, 4.69) is 15.9 Å². The molecule has 1 nitrogen and oxygen atoms in total. The van der Waals surface area contributed by atoms with E-state index in [1.807, 2.05) is 19.1 Å². The first kappa shape index (κ1) is 11.6. The first-order valence-electron chi connectivity index (χ1n) is 4.78. The van der Waals surface area contributed by atoms with Crippen LogP contribution in [0.5, 0.6) is 5.75 Å². The zero-order valence-electron chi connectivity index (χ0n) is 8.67. The van der Waals surface area contributed by atoms with E-state index >= 15 is 0 Å². The fourth-order valence-electron chi connectivity index (χ4n) is 1.31. The van der Waals surface area contributed by atoms with E-state index < -0.39 is 0 Å². The summed E-state index contributed by atoms with van der Waals surface area (Å²) >= 11 is 5.00. The summed E-state index contributed by atoms with van der Waals surface area (Å²) in [7, 11) is 0. The molecule has 0 bridgehead atoms. The molecule has 1 aromatic carbocycles. The van der Waals surface area contributed by atoms with Crippen LogP contribution >= 0.6 is 27.3 Å². The third-order valence-corrected chi connectivity index (χ3v) is 3.75. The van der Waals surface area contributed by atoms with Crippen LogP contribution in [0.2, 0.25) is 0 Å². The van der Waals surface area contributed by atoms with Crippen LogP contribution in [-0.2, 0) is 6.61 Å². The SMILES string of the molecule is Cc1ccc(F)cc1OCc1ccc(Br)s1. The van der Waals surface area contributed by atoms with Crippen molar-refractivity contribution in [3.8, 4) is 5.75 Å². The highest BCUT2D eigenvalue weighted by Crippen LogP contribution is 2.25. The Hall–Kier alpha value is -0.870. The van der Waals surface area contributed by atoms with Crippen molar-refractivity contribution < 1.29 is 9.13 Å². The van der Waals surface area contributed by atoms with Gasteiger partial charge in [0.25, 0.3) is 0 Å². The van der Waals surface area contributed by atoms with E-state index in [-0.39, 0.29) is 5.82 Å². The van der Waals surface area contributed by atoms with Crippen molar-refractivity contribution in [3.05, 3.63) is 50.4 Å². The molecule has 0 saturated carbocycles. The largest absolute Gasteiger partial charge is 0.488 e. The minimum atomic E-state index is -0.270. The summed E-state index contributed by atoms with van der Waals surface area (Å²) in [4.78, 5) is 1.11. The van der Waals surface area contributed by atoms with E-state index in [1.54, 1.807) is 17.4 Å². The molecule has 0 aliphatic carbocycles. The van der Waals surface area contributed by atoms with E-state index in [4.69, 9.17) is 4.74 Å². The van der Waals surface area contributed by atoms with Crippen LogP contribution in [0.1, 0.15) is 10.4 Å². The molecule has 1 heterocycles. The lowest BCUT2D eigenvalue weighted by Crippen LogP contribution is -1.95. The van der Waals surface area contributed by atoms with E-state index in [0.29, 0.717) is 12.4 Å². The Morgan fingerprint density at radius 3 is 2.81 bits per heavy atom. The van der Waals surface area contributed by atoms with Crippen LogP contribution in [0.4, 0.5) is 4.39 Å². The number of rotatable bonds is 3. The van der Waals surface area contributed by atoms with Crippen molar-refractivity contribution >= 4 is 27.3 Å². The highest BCUT2D eigenvalue weighted by molar-refractivity contribution is 9.11. The number of benzene rings is 1. The second-order valence-electron chi connectivity index (χ2n) is 3.40. The zero-order chi connectivity index (χ0) is 11.5. The number of ether oxygens (including phenoxy) is 1. The van der Waals surface area contributed by atoms with Gasteiger partial charge in [-0.05, 0) is 46.6 Å². The van der Waals surface area contributed by atoms with Crippen LogP contribution in [0, 0.1) is 12.7 Å². The Bertz CT molecular complexity index is 496. The van der Waals surface area contributed by atoms with Crippen LogP contribution in [0.3, 0.4) is 0 Å². The number of thiophene rings is 1. The monoisotopic (exact) mass is 300 g/mol. The summed E-state index contributed by atoms with van der Waals surface area (Å²) in [5.41, 5.74) is 0.942. The maximum atomic E-state index is 13.0. The number of hydrogen-bond acceptors (Lipinski definition) is 2. The van der Waals surface area contributed by atoms with Gasteiger partial charge in [-0.1, -0.05) is 6.07 Å². The summed E-state index contributed by atoms with van der Waals surface area (Å²) in [5, 5.41) is 0. The average molecular weight is 301 g/mol. The molecule has 0 radical (unpaired) electrons. The van der Waals surface area contributed by atoms with Gasteiger partial charge in [-0.2, -0.15) is 0 Å². The highest BCUT2D eigenvalue weighted by atomic mass is 79.9. The van der Waals surface area contributed by atoms with Crippen LogP contribution in [-0.4, -0.2) is 0 Å². The van der Waals surface area contributed by atoms with Crippen molar-refractivity contribution in [1.29, 1.82) is 0 Å². The summed E-state index contributed by atoms with van der Waals surface area (Å²) in [6.07, 6.45) is 0. The molecule has 0 saturated heterocycles. The smallest absolute Gasteiger partial charge is 0.126 e. The van der Waals surface area contributed by atoms with Gasteiger partial charge in [-0.3, -0.25) is 0 Å². The van der Waals surface area contributed by atoms with E-state index in [0.717, 1.165) is 14.2 Å². The van der Waals surface area contributed by atoms with E-state index in [1.165, 1.54) is 12.1 Å². The van der Waals surface area contributed by atoms with Crippen LogP contribution in [0.15, 0.2) is 34.1 Å². The molecule has 0 N–H and O–H groups in total. The molecule has 0 amide bonds. The summed E-state index contributed by atoms with van der Waals surface area (Å²) < 4.78 is 19.6. The van der Waals surface area contributed by atoms with Gasteiger partial charge in [-0.25, -0.2) is 4.39 Å². The van der Waals surface area contributed by atoms with Gasteiger partial charge in [0.05, 0.1) is 3.79 Å². The molecule has 84 valence electrons. The second-order valence-corrected chi connectivity index (χ2v) is 5.95. The molecule has 0 aliphatic heterocycles. The Labute approximate surface area is 106 Å². The summed E-state index contributed by atoms with van der Waals surface area (Å²) in [6, 6.07) is 8.53. The molecule has 2 aromatic rings. The highest BCUT2D eigenvalue weighted by Gasteiger charge is 2.03. The molecule has 1 aromatic heterocycles. The maximum Gasteiger partial charge on any atom is 0.126 e. The van der Waals surface area contributed by atoms with Crippen LogP contribution in [0.25, 0.3) is 0 Å². The molecule has 0 atom stereocenters. The normalized spacial score (nSPS) is 10.4. The molecule has 0 unspecified atom stereocenters.